The fourth-order valence-corrected chi connectivity index (χ4v) is 6.53. The van der Waals surface area contributed by atoms with Crippen molar-refractivity contribution >= 4 is 11.8 Å². The predicted octanol–water partition coefficient (Wildman–Crippen LogP) is 2.09. The minimum Gasteiger partial charge on any atom is -0.451 e. The summed E-state index contributed by atoms with van der Waals surface area (Å²) in [5.74, 6) is -0.795. The molecule has 164 valence electrons. The van der Waals surface area contributed by atoms with E-state index in [-0.39, 0.29) is 22.7 Å². The van der Waals surface area contributed by atoms with Crippen LogP contribution in [-0.4, -0.2) is 51.5 Å². The van der Waals surface area contributed by atoms with Gasteiger partial charge >= 0.3 is 5.97 Å². The third kappa shape index (κ3) is 2.47. The summed E-state index contributed by atoms with van der Waals surface area (Å²) in [6, 6.07) is 0. The summed E-state index contributed by atoms with van der Waals surface area (Å²) in [5.41, 5.74) is -2.27. The first-order valence-electron chi connectivity index (χ1n) is 10.8. The Kier molecular flexibility index (Phi) is 4.74. The van der Waals surface area contributed by atoms with Gasteiger partial charge in [-0.2, -0.15) is 0 Å². The van der Waals surface area contributed by atoms with Crippen LogP contribution in [0.2, 0.25) is 0 Å². The highest BCUT2D eigenvalue weighted by Gasteiger charge is 2.74. The van der Waals surface area contributed by atoms with Crippen LogP contribution in [0.15, 0.2) is 34.9 Å². The van der Waals surface area contributed by atoms with Gasteiger partial charge in [-0.1, -0.05) is 32.1 Å². The van der Waals surface area contributed by atoms with Crippen LogP contribution in [0, 0.1) is 28.6 Å². The van der Waals surface area contributed by atoms with Crippen LogP contribution in [0.5, 0.6) is 0 Å². The van der Waals surface area contributed by atoms with Crippen molar-refractivity contribution in [1.82, 2.24) is 0 Å². The van der Waals surface area contributed by atoms with E-state index < -0.39 is 41.7 Å². The number of aliphatic hydroxyl groups excluding tert-OH is 2. The Hall–Kier alpha value is -1.76. The molecule has 1 spiro atoms. The molecule has 2 fully saturated rings. The first kappa shape index (κ1) is 21.5. The second-order valence-electron chi connectivity index (χ2n) is 10.1. The van der Waals surface area contributed by atoms with Gasteiger partial charge in [0, 0.05) is 11.5 Å². The van der Waals surface area contributed by atoms with Gasteiger partial charge in [-0.05, 0) is 62.0 Å². The van der Waals surface area contributed by atoms with E-state index in [0.29, 0.717) is 23.5 Å². The van der Waals surface area contributed by atoms with Crippen molar-refractivity contribution in [2.75, 3.05) is 6.61 Å². The van der Waals surface area contributed by atoms with Crippen LogP contribution >= 0.6 is 0 Å². The molecule has 3 N–H and O–H groups in total. The zero-order valence-electron chi connectivity index (χ0n) is 18.3. The second-order valence-corrected chi connectivity index (χ2v) is 10.1. The third-order valence-electron chi connectivity index (χ3n) is 8.44. The highest BCUT2D eigenvalue weighted by Crippen LogP contribution is 2.70. The highest BCUT2D eigenvalue weighted by atomic mass is 16.6. The minimum absolute atomic E-state index is 0.00132. The lowest BCUT2D eigenvalue weighted by atomic mass is 9.63. The van der Waals surface area contributed by atoms with Gasteiger partial charge in [0.05, 0.1) is 12.0 Å². The molecule has 30 heavy (non-hydrogen) atoms. The van der Waals surface area contributed by atoms with Crippen LogP contribution in [0.1, 0.15) is 47.5 Å². The molecule has 6 heteroatoms. The lowest BCUT2D eigenvalue weighted by Gasteiger charge is -2.46. The zero-order chi connectivity index (χ0) is 22.2. The summed E-state index contributed by atoms with van der Waals surface area (Å²) < 4.78 is 5.68. The zero-order valence-corrected chi connectivity index (χ0v) is 18.3. The Bertz CT molecular complexity index is 895. The van der Waals surface area contributed by atoms with Crippen molar-refractivity contribution < 1.29 is 29.6 Å². The van der Waals surface area contributed by atoms with Gasteiger partial charge in [-0.25, -0.2) is 4.79 Å². The molecule has 4 rings (SSSR count). The molecule has 2 bridgehead atoms. The molecule has 4 aliphatic rings. The van der Waals surface area contributed by atoms with E-state index in [4.69, 9.17) is 4.74 Å². The van der Waals surface area contributed by atoms with E-state index in [1.807, 2.05) is 0 Å². The Labute approximate surface area is 177 Å². The standard InChI is InChI=1S/C24H32O6/c1-6-12(2)21(28)30-20-13(3)10-23-8-7-16-17(22(16,4)5)15(19(23)27)9-14(11-25)18(26)24(20,23)29/h6,9-10,15-18,20,25-26,29H,7-8,11H2,1-5H3/b12-6-/t15?,16?,17-,18?,20-,23?,24?/m0/s1. The van der Waals surface area contributed by atoms with Crippen LogP contribution in [0.3, 0.4) is 0 Å². The second kappa shape index (κ2) is 6.62. The Morgan fingerprint density at radius 2 is 2.03 bits per heavy atom. The molecule has 6 nitrogen and oxygen atoms in total. The lowest BCUT2D eigenvalue weighted by Crippen LogP contribution is -2.63. The molecule has 4 aliphatic carbocycles. The number of Topliss-reactive ketones (excluding diaryl/α,β-unsaturated/α-hetero) is 1. The molecule has 0 aromatic rings. The maximum Gasteiger partial charge on any atom is 0.334 e. The van der Waals surface area contributed by atoms with Gasteiger partial charge in [0.25, 0.3) is 0 Å². The summed E-state index contributed by atoms with van der Waals surface area (Å²) in [4.78, 5) is 26.5. The van der Waals surface area contributed by atoms with Gasteiger partial charge in [-0.3, -0.25) is 4.79 Å². The van der Waals surface area contributed by atoms with E-state index >= 15 is 0 Å². The van der Waals surface area contributed by atoms with Gasteiger partial charge in [0.15, 0.2) is 17.5 Å². The van der Waals surface area contributed by atoms with Crippen LogP contribution in [0.25, 0.3) is 0 Å². The minimum atomic E-state index is -2.05. The number of ketones is 1. The molecule has 0 aliphatic heterocycles. The SMILES string of the molecule is C/C=C(/C)C(=O)O[C@H]1C(C)=CC23CCC4[C@H](C(C=C(CO)C(O)C12O)C3=O)C4(C)C. The number of hydrogen-bond acceptors (Lipinski definition) is 6. The van der Waals surface area contributed by atoms with Crippen molar-refractivity contribution in [2.45, 2.75) is 65.3 Å². The largest absolute Gasteiger partial charge is 0.451 e. The van der Waals surface area contributed by atoms with E-state index in [1.54, 1.807) is 39.0 Å². The normalized spacial score (nSPS) is 44.2. The number of aliphatic hydroxyl groups is 3. The predicted molar refractivity (Wildman–Crippen MR) is 110 cm³/mol. The van der Waals surface area contributed by atoms with Crippen molar-refractivity contribution in [1.29, 1.82) is 0 Å². The Morgan fingerprint density at radius 1 is 1.37 bits per heavy atom. The number of allylic oxidation sites excluding steroid dienone is 2. The molecule has 0 heterocycles. The summed E-state index contributed by atoms with van der Waals surface area (Å²) in [6.45, 7) is 8.86. The van der Waals surface area contributed by atoms with Gasteiger partial charge < -0.3 is 20.1 Å². The van der Waals surface area contributed by atoms with Crippen molar-refractivity contribution in [3.05, 3.63) is 34.9 Å². The fraction of sp³-hybridized carbons (Fsp3) is 0.667. The summed E-state index contributed by atoms with van der Waals surface area (Å²) in [7, 11) is 0. The lowest BCUT2D eigenvalue weighted by molar-refractivity contribution is -0.194. The number of esters is 1. The molecule has 0 amide bonds. The van der Waals surface area contributed by atoms with Crippen LogP contribution < -0.4 is 0 Å². The molecule has 2 saturated carbocycles. The quantitative estimate of drug-likeness (QED) is 0.370. The summed E-state index contributed by atoms with van der Waals surface area (Å²) in [6.07, 6.45) is 3.43. The first-order valence-corrected chi connectivity index (χ1v) is 10.8. The number of fused-ring (bicyclic) bond motifs is 3. The van der Waals surface area contributed by atoms with E-state index in [2.05, 4.69) is 13.8 Å². The monoisotopic (exact) mass is 416 g/mol. The summed E-state index contributed by atoms with van der Waals surface area (Å²) in [5, 5.41) is 33.3. The molecule has 0 radical (unpaired) electrons. The Balaban J connectivity index is 1.86. The number of carbonyl (C=O) groups is 2. The molecule has 7 atom stereocenters. The summed E-state index contributed by atoms with van der Waals surface area (Å²) >= 11 is 0. The van der Waals surface area contributed by atoms with E-state index in [9.17, 15) is 24.9 Å². The number of carbonyl (C=O) groups excluding carboxylic acids is 2. The molecule has 0 aromatic carbocycles. The van der Waals surface area contributed by atoms with Gasteiger partial charge in [0.1, 0.15) is 6.10 Å². The highest BCUT2D eigenvalue weighted by molar-refractivity contribution is 5.95. The average Bonchev–Trinajstić information content (AvgIpc) is 3.23. The molecule has 5 unspecified atom stereocenters. The van der Waals surface area contributed by atoms with Gasteiger partial charge in [0.2, 0.25) is 0 Å². The number of hydrogen-bond donors (Lipinski definition) is 3. The number of ether oxygens (including phenoxy) is 1. The molecule has 0 saturated heterocycles. The maximum atomic E-state index is 14.0. The topological polar surface area (TPSA) is 104 Å². The van der Waals surface area contributed by atoms with Gasteiger partial charge in [-0.15, -0.1) is 0 Å². The molecular weight excluding hydrogens is 384 g/mol. The smallest absolute Gasteiger partial charge is 0.334 e. The molecule has 0 aromatic heterocycles. The van der Waals surface area contributed by atoms with Crippen molar-refractivity contribution in [3.63, 3.8) is 0 Å². The first-order chi connectivity index (χ1) is 14.0. The van der Waals surface area contributed by atoms with Crippen LogP contribution in [0.4, 0.5) is 0 Å². The Morgan fingerprint density at radius 3 is 2.63 bits per heavy atom. The van der Waals surface area contributed by atoms with Crippen LogP contribution in [-0.2, 0) is 14.3 Å². The van der Waals surface area contributed by atoms with E-state index in [1.165, 1.54) is 0 Å². The fourth-order valence-electron chi connectivity index (χ4n) is 6.53. The van der Waals surface area contributed by atoms with Crippen molar-refractivity contribution in [3.8, 4) is 0 Å². The third-order valence-corrected chi connectivity index (χ3v) is 8.44. The number of rotatable bonds is 3. The maximum absolute atomic E-state index is 14.0. The average molecular weight is 417 g/mol. The van der Waals surface area contributed by atoms with Crippen molar-refractivity contribution in [2.24, 2.45) is 28.6 Å². The molecular formula is C24H32O6. The van der Waals surface area contributed by atoms with E-state index in [0.717, 1.165) is 6.42 Å².